The molecule has 2 unspecified atom stereocenters. The van der Waals surface area contributed by atoms with Gasteiger partial charge in [-0.15, -0.1) is 0 Å². The lowest BCUT2D eigenvalue weighted by Crippen LogP contribution is -2.19. The normalized spacial score (nSPS) is 21.2. The Morgan fingerprint density at radius 2 is 2.40 bits per heavy atom. The number of ether oxygens (including phenoxy) is 1. The van der Waals surface area contributed by atoms with Gasteiger partial charge in [0.25, 0.3) is 0 Å². The molecule has 1 aliphatic rings. The van der Waals surface area contributed by atoms with Crippen LogP contribution in [0.2, 0.25) is 5.15 Å². The first-order valence-corrected chi connectivity index (χ1v) is 8.02. The van der Waals surface area contributed by atoms with Crippen LogP contribution in [0.1, 0.15) is 31.2 Å². The van der Waals surface area contributed by atoms with Crippen LogP contribution in [-0.2, 0) is 21.6 Å². The average molecular weight is 316 g/mol. The lowest BCUT2D eigenvalue weighted by atomic mass is 10.2. The third-order valence-electron chi connectivity index (χ3n) is 3.32. The van der Waals surface area contributed by atoms with Gasteiger partial charge in [0.2, 0.25) is 0 Å². The molecule has 2 atom stereocenters. The monoisotopic (exact) mass is 315 g/mol. The first-order chi connectivity index (χ1) is 9.65. The number of aromatic nitrogens is 3. The van der Waals surface area contributed by atoms with Gasteiger partial charge in [-0.25, -0.2) is 13.9 Å². The molecule has 3 heterocycles. The Morgan fingerprint density at radius 1 is 1.55 bits per heavy atom. The summed E-state index contributed by atoms with van der Waals surface area (Å²) in [7, 11) is 0. The maximum atomic E-state index is 11.0. The molecule has 3 rings (SSSR count). The zero-order chi connectivity index (χ0) is 14.1. The summed E-state index contributed by atoms with van der Waals surface area (Å²) in [6, 6.07) is 1.71. The van der Waals surface area contributed by atoms with Crippen LogP contribution in [0.25, 0.3) is 10.9 Å². The van der Waals surface area contributed by atoms with Crippen molar-refractivity contribution < 1.29 is 13.5 Å². The average Bonchev–Trinajstić information content (AvgIpc) is 2.77. The molecule has 0 aliphatic carbocycles. The van der Waals surface area contributed by atoms with Crippen LogP contribution in [0.3, 0.4) is 0 Å². The van der Waals surface area contributed by atoms with E-state index in [0.717, 1.165) is 30.2 Å². The fraction of sp³-hybridized carbons (Fsp3) is 0.500. The van der Waals surface area contributed by atoms with Crippen molar-refractivity contribution in [2.75, 3.05) is 6.61 Å². The van der Waals surface area contributed by atoms with E-state index in [2.05, 4.69) is 10.1 Å². The van der Waals surface area contributed by atoms with E-state index in [9.17, 15) is 4.21 Å². The number of hydrogen-bond donors (Lipinski definition) is 1. The van der Waals surface area contributed by atoms with Crippen LogP contribution >= 0.6 is 11.6 Å². The number of halogens is 1. The molecule has 1 saturated heterocycles. The van der Waals surface area contributed by atoms with E-state index in [4.69, 9.17) is 20.9 Å². The molecule has 0 amide bonds. The third kappa shape index (κ3) is 2.71. The van der Waals surface area contributed by atoms with Gasteiger partial charge < -0.3 is 9.29 Å². The van der Waals surface area contributed by atoms with Crippen molar-refractivity contribution >= 4 is 33.6 Å². The number of hydrogen-bond acceptors (Lipinski definition) is 4. The van der Waals surface area contributed by atoms with Crippen molar-refractivity contribution in [1.29, 1.82) is 0 Å². The number of fused-ring (bicyclic) bond motifs is 1. The van der Waals surface area contributed by atoms with Crippen molar-refractivity contribution in [3.63, 3.8) is 0 Å². The second kappa shape index (κ2) is 5.77. The second-order valence-corrected chi connectivity index (χ2v) is 6.02. The highest BCUT2D eigenvalue weighted by Gasteiger charge is 2.22. The highest BCUT2D eigenvalue weighted by atomic mass is 35.5. The van der Waals surface area contributed by atoms with Gasteiger partial charge in [-0.05, 0) is 19.3 Å². The van der Waals surface area contributed by atoms with Gasteiger partial charge in [0.05, 0.1) is 17.0 Å². The molecule has 2 aromatic heterocycles. The van der Waals surface area contributed by atoms with Crippen molar-refractivity contribution in [1.82, 2.24) is 14.8 Å². The summed E-state index contributed by atoms with van der Waals surface area (Å²) in [5.74, 6) is -0.0282. The molecule has 6 nitrogen and oxygen atoms in total. The van der Waals surface area contributed by atoms with Crippen LogP contribution in [0.5, 0.6) is 0 Å². The van der Waals surface area contributed by atoms with Gasteiger partial charge in [0.15, 0.2) is 17.3 Å². The Kier molecular flexibility index (Phi) is 4.02. The predicted octanol–water partition coefficient (Wildman–Crippen LogP) is 2.51. The lowest BCUT2D eigenvalue weighted by molar-refractivity contribution is -0.0368. The SMILES string of the molecule is O=S(O)Cc1nn(C2CCCCO2)c2cc(Cl)ncc12. The lowest BCUT2D eigenvalue weighted by Gasteiger charge is -2.23. The Morgan fingerprint density at radius 3 is 3.10 bits per heavy atom. The summed E-state index contributed by atoms with van der Waals surface area (Å²) >= 11 is 4.00. The zero-order valence-corrected chi connectivity index (χ0v) is 12.2. The number of nitrogens with zero attached hydrogens (tertiary/aromatic N) is 3. The first kappa shape index (κ1) is 13.9. The molecule has 0 bridgehead atoms. The summed E-state index contributed by atoms with van der Waals surface area (Å²) in [5.41, 5.74) is 1.33. The topological polar surface area (TPSA) is 77.2 Å². The fourth-order valence-electron chi connectivity index (χ4n) is 2.43. The first-order valence-electron chi connectivity index (χ1n) is 6.37. The molecule has 0 spiro atoms. The molecule has 1 N–H and O–H groups in total. The summed E-state index contributed by atoms with van der Waals surface area (Å²) in [5, 5.41) is 5.54. The van der Waals surface area contributed by atoms with E-state index in [1.807, 2.05) is 0 Å². The van der Waals surface area contributed by atoms with Crippen molar-refractivity contribution in [3.05, 3.63) is 23.1 Å². The summed E-state index contributed by atoms with van der Waals surface area (Å²) in [4.78, 5) is 4.02. The van der Waals surface area contributed by atoms with Gasteiger partial charge >= 0.3 is 0 Å². The van der Waals surface area contributed by atoms with Gasteiger partial charge in [-0.3, -0.25) is 0 Å². The Bertz CT molecular complexity index is 655. The van der Waals surface area contributed by atoms with Crippen LogP contribution in [0.4, 0.5) is 0 Å². The van der Waals surface area contributed by atoms with Gasteiger partial charge in [0.1, 0.15) is 5.15 Å². The maximum absolute atomic E-state index is 11.0. The zero-order valence-electron chi connectivity index (χ0n) is 10.7. The van der Waals surface area contributed by atoms with Gasteiger partial charge in [-0.1, -0.05) is 11.6 Å². The summed E-state index contributed by atoms with van der Waals surface area (Å²) in [6.45, 7) is 0.700. The fourth-order valence-corrected chi connectivity index (χ4v) is 3.03. The smallest absolute Gasteiger partial charge is 0.159 e. The van der Waals surface area contributed by atoms with E-state index in [0.29, 0.717) is 17.5 Å². The van der Waals surface area contributed by atoms with Crippen LogP contribution in [0.15, 0.2) is 12.3 Å². The minimum Gasteiger partial charge on any atom is -0.356 e. The number of pyridine rings is 1. The van der Waals surface area contributed by atoms with E-state index in [1.54, 1.807) is 16.9 Å². The summed E-state index contributed by atoms with van der Waals surface area (Å²) < 4.78 is 27.6. The van der Waals surface area contributed by atoms with Crippen LogP contribution in [-0.4, -0.2) is 30.1 Å². The molecule has 20 heavy (non-hydrogen) atoms. The predicted molar refractivity (Wildman–Crippen MR) is 75.9 cm³/mol. The third-order valence-corrected chi connectivity index (χ3v) is 4.05. The molecule has 1 fully saturated rings. The molecular formula is C12H14ClN3O3S. The highest BCUT2D eigenvalue weighted by molar-refractivity contribution is 7.78. The standard InChI is InChI=1S/C12H14ClN3O3S/c13-11-5-10-8(6-14-11)9(7-20(17)18)15-16(10)12-3-1-2-4-19-12/h5-6,12H,1-4,7H2,(H,17,18). The molecule has 1 aliphatic heterocycles. The highest BCUT2D eigenvalue weighted by Crippen LogP contribution is 2.29. The molecule has 108 valence electrons. The van der Waals surface area contributed by atoms with E-state index in [1.165, 1.54) is 0 Å². The van der Waals surface area contributed by atoms with Crippen molar-refractivity contribution in [3.8, 4) is 0 Å². The van der Waals surface area contributed by atoms with Crippen molar-refractivity contribution in [2.24, 2.45) is 0 Å². The van der Waals surface area contributed by atoms with E-state index in [-0.39, 0.29) is 12.0 Å². The molecule has 0 saturated carbocycles. The van der Waals surface area contributed by atoms with Gasteiger partial charge in [0, 0.05) is 24.3 Å². The second-order valence-electron chi connectivity index (χ2n) is 4.70. The molecular weight excluding hydrogens is 302 g/mol. The molecule has 2 aromatic rings. The van der Waals surface area contributed by atoms with Crippen LogP contribution < -0.4 is 0 Å². The Labute approximate surface area is 123 Å². The summed E-state index contributed by atoms with van der Waals surface area (Å²) in [6.07, 6.45) is 4.44. The van der Waals surface area contributed by atoms with E-state index < -0.39 is 11.1 Å². The van der Waals surface area contributed by atoms with Crippen LogP contribution in [0, 0.1) is 0 Å². The maximum Gasteiger partial charge on any atom is 0.159 e. The molecule has 0 aromatic carbocycles. The minimum absolute atomic E-state index is 0.0282. The molecule has 8 heteroatoms. The van der Waals surface area contributed by atoms with Gasteiger partial charge in [-0.2, -0.15) is 5.10 Å². The Hall–Kier alpha value is -1.02. The quantitative estimate of drug-likeness (QED) is 0.695. The molecule has 0 radical (unpaired) electrons. The number of rotatable bonds is 3. The Balaban J connectivity index is 2.09. The van der Waals surface area contributed by atoms with Crippen molar-refractivity contribution in [2.45, 2.75) is 31.2 Å². The minimum atomic E-state index is -1.95. The largest absolute Gasteiger partial charge is 0.356 e. The van der Waals surface area contributed by atoms with E-state index >= 15 is 0 Å².